The maximum atomic E-state index is 12.5. The Labute approximate surface area is 131 Å². The Balaban J connectivity index is 1.93. The van der Waals surface area contributed by atoms with E-state index in [1.165, 1.54) is 6.42 Å². The molecule has 0 spiro atoms. The highest BCUT2D eigenvalue weighted by Gasteiger charge is 2.39. The van der Waals surface area contributed by atoms with Gasteiger partial charge in [0.1, 0.15) is 18.0 Å². The van der Waals surface area contributed by atoms with Crippen LogP contribution in [0, 0.1) is 0 Å². The standard InChI is InChI=1S/C17H25NO4/c1-20-12-13-22-15-8-6-14(7-9-15)18-16(19)17(21-2)10-4-3-5-11-17/h6-9H,3-5,10-13H2,1-2H3,(H,18,19). The molecule has 1 N–H and O–H groups in total. The molecule has 1 saturated carbocycles. The number of carbonyl (C=O) groups excluding carboxylic acids is 1. The summed E-state index contributed by atoms with van der Waals surface area (Å²) in [6, 6.07) is 7.36. The molecule has 0 bridgehead atoms. The van der Waals surface area contributed by atoms with Gasteiger partial charge in [0.05, 0.1) is 6.61 Å². The van der Waals surface area contributed by atoms with Crippen LogP contribution in [0.4, 0.5) is 5.69 Å². The predicted octanol–water partition coefficient (Wildman–Crippen LogP) is 3.00. The smallest absolute Gasteiger partial charge is 0.256 e. The molecule has 122 valence electrons. The zero-order chi connectivity index (χ0) is 15.8. The van der Waals surface area contributed by atoms with Crippen molar-refractivity contribution in [3.8, 4) is 5.75 Å². The van der Waals surface area contributed by atoms with Crippen LogP contribution in [0.25, 0.3) is 0 Å². The number of ether oxygens (including phenoxy) is 3. The first kappa shape index (κ1) is 16.8. The third-order valence-electron chi connectivity index (χ3n) is 4.13. The third kappa shape index (κ3) is 4.21. The van der Waals surface area contributed by atoms with Gasteiger partial charge in [-0.25, -0.2) is 0 Å². The van der Waals surface area contributed by atoms with Gasteiger partial charge in [0.2, 0.25) is 0 Å². The summed E-state index contributed by atoms with van der Waals surface area (Å²) in [6.45, 7) is 1.06. The summed E-state index contributed by atoms with van der Waals surface area (Å²) in [5.74, 6) is 0.705. The molecule has 1 aromatic rings. The number of methoxy groups -OCH3 is 2. The van der Waals surface area contributed by atoms with Crippen LogP contribution < -0.4 is 10.1 Å². The third-order valence-corrected chi connectivity index (χ3v) is 4.13. The molecule has 0 aliphatic heterocycles. The molecule has 1 aliphatic carbocycles. The minimum absolute atomic E-state index is 0.0530. The molecule has 0 radical (unpaired) electrons. The van der Waals surface area contributed by atoms with E-state index in [-0.39, 0.29) is 5.91 Å². The van der Waals surface area contributed by atoms with E-state index >= 15 is 0 Å². The molecule has 1 amide bonds. The van der Waals surface area contributed by atoms with Crippen LogP contribution in [0.15, 0.2) is 24.3 Å². The molecular formula is C17H25NO4. The van der Waals surface area contributed by atoms with Gasteiger partial charge in [-0.05, 0) is 37.1 Å². The fraction of sp³-hybridized carbons (Fsp3) is 0.588. The zero-order valence-corrected chi connectivity index (χ0v) is 13.4. The molecule has 5 nitrogen and oxygen atoms in total. The number of carbonyl (C=O) groups is 1. The monoisotopic (exact) mass is 307 g/mol. The van der Waals surface area contributed by atoms with E-state index in [1.807, 2.05) is 24.3 Å². The van der Waals surface area contributed by atoms with E-state index in [9.17, 15) is 4.79 Å². The quantitative estimate of drug-likeness (QED) is 0.787. The summed E-state index contributed by atoms with van der Waals surface area (Å²) >= 11 is 0. The molecule has 1 aromatic carbocycles. The predicted molar refractivity (Wildman–Crippen MR) is 85.3 cm³/mol. The fourth-order valence-electron chi connectivity index (χ4n) is 2.77. The van der Waals surface area contributed by atoms with Crippen molar-refractivity contribution in [2.45, 2.75) is 37.7 Å². The van der Waals surface area contributed by atoms with Gasteiger partial charge in [-0.15, -0.1) is 0 Å². The van der Waals surface area contributed by atoms with Crippen molar-refractivity contribution >= 4 is 11.6 Å². The van der Waals surface area contributed by atoms with Crippen LogP contribution in [0.5, 0.6) is 5.75 Å². The van der Waals surface area contributed by atoms with Gasteiger partial charge >= 0.3 is 0 Å². The van der Waals surface area contributed by atoms with Crippen molar-refractivity contribution in [3.63, 3.8) is 0 Å². The zero-order valence-electron chi connectivity index (χ0n) is 13.4. The largest absolute Gasteiger partial charge is 0.491 e. The first-order chi connectivity index (χ1) is 10.7. The molecule has 5 heteroatoms. The van der Waals surface area contributed by atoms with Crippen LogP contribution >= 0.6 is 0 Å². The summed E-state index contributed by atoms with van der Waals surface area (Å²) in [7, 11) is 3.26. The summed E-state index contributed by atoms with van der Waals surface area (Å²) in [6.07, 6.45) is 4.81. The Kier molecular flexibility index (Phi) is 6.21. The lowest BCUT2D eigenvalue weighted by Gasteiger charge is -2.34. The normalized spacial score (nSPS) is 17.0. The lowest BCUT2D eigenvalue weighted by atomic mass is 9.84. The van der Waals surface area contributed by atoms with E-state index in [1.54, 1.807) is 14.2 Å². The second-order valence-corrected chi connectivity index (χ2v) is 5.58. The van der Waals surface area contributed by atoms with Crippen molar-refractivity contribution in [2.75, 3.05) is 32.8 Å². The van der Waals surface area contributed by atoms with Crippen LogP contribution in [-0.2, 0) is 14.3 Å². The van der Waals surface area contributed by atoms with Crippen molar-refractivity contribution in [3.05, 3.63) is 24.3 Å². The Morgan fingerprint density at radius 1 is 1.09 bits per heavy atom. The summed E-state index contributed by atoms with van der Waals surface area (Å²) in [5.41, 5.74) is 0.0809. The van der Waals surface area contributed by atoms with Gasteiger partial charge in [0.15, 0.2) is 0 Å². The Hall–Kier alpha value is -1.59. The number of amides is 1. The molecule has 0 saturated heterocycles. The lowest BCUT2D eigenvalue weighted by Crippen LogP contribution is -2.46. The Morgan fingerprint density at radius 2 is 1.77 bits per heavy atom. The Morgan fingerprint density at radius 3 is 2.36 bits per heavy atom. The van der Waals surface area contributed by atoms with E-state index in [0.717, 1.165) is 37.1 Å². The molecule has 1 aliphatic rings. The number of rotatable bonds is 7. The lowest BCUT2D eigenvalue weighted by molar-refractivity contribution is -0.141. The highest BCUT2D eigenvalue weighted by atomic mass is 16.5. The van der Waals surface area contributed by atoms with Crippen molar-refractivity contribution in [1.29, 1.82) is 0 Å². The van der Waals surface area contributed by atoms with Gasteiger partial charge in [0.25, 0.3) is 5.91 Å². The molecular weight excluding hydrogens is 282 g/mol. The molecule has 0 unspecified atom stereocenters. The van der Waals surface area contributed by atoms with Crippen LogP contribution in [0.1, 0.15) is 32.1 Å². The van der Waals surface area contributed by atoms with Crippen molar-refractivity contribution in [1.82, 2.24) is 0 Å². The molecule has 2 rings (SSSR count). The van der Waals surface area contributed by atoms with Crippen molar-refractivity contribution < 1.29 is 19.0 Å². The van der Waals surface area contributed by atoms with Gasteiger partial charge in [0, 0.05) is 19.9 Å². The average molecular weight is 307 g/mol. The van der Waals surface area contributed by atoms with Gasteiger partial charge in [-0.3, -0.25) is 4.79 Å². The number of anilines is 1. The summed E-state index contributed by atoms with van der Waals surface area (Å²) < 4.78 is 16.0. The number of hydrogen-bond donors (Lipinski definition) is 1. The van der Waals surface area contributed by atoms with E-state index in [4.69, 9.17) is 14.2 Å². The molecule has 0 aromatic heterocycles. The summed E-state index contributed by atoms with van der Waals surface area (Å²) in [4.78, 5) is 12.5. The maximum absolute atomic E-state index is 12.5. The highest BCUT2D eigenvalue weighted by Crippen LogP contribution is 2.32. The number of nitrogens with one attached hydrogen (secondary N) is 1. The van der Waals surface area contributed by atoms with Crippen LogP contribution in [-0.4, -0.2) is 38.9 Å². The van der Waals surface area contributed by atoms with Crippen LogP contribution in [0.2, 0.25) is 0 Å². The molecule has 0 heterocycles. The van der Waals surface area contributed by atoms with E-state index in [0.29, 0.717) is 13.2 Å². The van der Waals surface area contributed by atoms with Gasteiger partial charge < -0.3 is 19.5 Å². The van der Waals surface area contributed by atoms with E-state index in [2.05, 4.69) is 5.32 Å². The van der Waals surface area contributed by atoms with Gasteiger partial charge in [-0.2, -0.15) is 0 Å². The second kappa shape index (κ2) is 8.15. The van der Waals surface area contributed by atoms with E-state index < -0.39 is 5.60 Å². The minimum atomic E-state index is -0.675. The van der Waals surface area contributed by atoms with Crippen LogP contribution in [0.3, 0.4) is 0 Å². The Bertz CT molecular complexity index is 466. The first-order valence-electron chi connectivity index (χ1n) is 7.78. The molecule has 0 atom stereocenters. The topological polar surface area (TPSA) is 56.8 Å². The summed E-state index contributed by atoms with van der Waals surface area (Å²) in [5, 5.41) is 2.95. The second-order valence-electron chi connectivity index (χ2n) is 5.58. The molecule has 1 fully saturated rings. The minimum Gasteiger partial charge on any atom is -0.491 e. The average Bonchev–Trinajstić information content (AvgIpc) is 2.57. The highest BCUT2D eigenvalue weighted by molar-refractivity contribution is 5.97. The van der Waals surface area contributed by atoms with Gasteiger partial charge in [-0.1, -0.05) is 19.3 Å². The maximum Gasteiger partial charge on any atom is 0.256 e. The SMILES string of the molecule is COCCOc1ccc(NC(=O)C2(OC)CCCCC2)cc1. The first-order valence-corrected chi connectivity index (χ1v) is 7.78. The molecule has 22 heavy (non-hydrogen) atoms. The number of hydrogen-bond acceptors (Lipinski definition) is 4. The van der Waals surface area contributed by atoms with Crippen molar-refractivity contribution in [2.24, 2.45) is 0 Å². The fourth-order valence-corrected chi connectivity index (χ4v) is 2.77. The number of benzene rings is 1.